The van der Waals surface area contributed by atoms with Crippen LogP contribution < -0.4 is 5.32 Å². The largest absolute Gasteiger partial charge is 0.311 e. The molecule has 1 rings (SSSR count). The van der Waals surface area contributed by atoms with Gasteiger partial charge in [-0.2, -0.15) is 5.10 Å². The zero-order chi connectivity index (χ0) is 12.7. The normalized spacial score (nSPS) is 10.5. The van der Waals surface area contributed by atoms with Gasteiger partial charge < -0.3 is 5.32 Å². The van der Waals surface area contributed by atoms with Crippen LogP contribution in [-0.4, -0.2) is 16.3 Å². The topological polar surface area (TPSA) is 29.9 Å². The molecule has 17 heavy (non-hydrogen) atoms. The summed E-state index contributed by atoms with van der Waals surface area (Å²) >= 11 is 3.61. The Morgan fingerprint density at radius 3 is 2.82 bits per heavy atom. The van der Waals surface area contributed by atoms with Crippen molar-refractivity contribution in [2.24, 2.45) is 7.05 Å². The standard InChI is InChI=1S/C13H20BrN3/c1-4-6-7-8-9-15-10-12-13(14)11(5-2)16-17(12)3/h1,15H,5-10H2,2-3H3. The molecule has 3 nitrogen and oxygen atoms in total. The van der Waals surface area contributed by atoms with E-state index in [1.165, 1.54) is 5.69 Å². The molecule has 0 unspecified atom stereocenters. The number of halogens is 1. The first-order valence-corrected chi connectivity index (χ1v) is 6.84. The highest BCUT2D eigenvalue weighted by atomic mass is 79.9. The summed E-state index contributed by atoms with van der Waals surface area (Å²) in [6, 6.07) is 0. The molecule has 0 amide bonds. The number of unbranched alkanes of at least 4 members (excludes halogenated alkanes) is 2. The first-order chi connectivity index (χ1) is 8.20. The maximum atomic E-state index is 5.20. The Morgan fingerprint density at radius 2 is 2.24 bits per heavy atom. The second-order valence-corrected chi connectivity index (χ2v) is 4.82. The Bertz CT molecular complexity index is 390. The molecule has 0 saturated heterocycles. The molecule has 0 aliphatic heterocycles. The minimum Gasteiger partial charge on any atom is -0.311 e. The van der Waals surface area contributed by atoms with Gasteiger partial charge in [0.1, 0.15) is 0 Å². The first-order valence-electron chi connectivity index (χ1n) is 6.05. The molecule has 0 aliphatic carbocycles. The van der Waals surface area contributed by atoms with E-state index in [4.69, 9.17) is 6.42 Å². The molecule has 0 bridgehead atoms. The summed E-state index contributed by atoms with van der Waals surface area (Å²) < 4.78 is 3.08. The molecular weight excluding hydrogens is 278 g/mol. The van der Waals surface area contributed by atoms with Gasteiger partial charge in [-0.05, 0) is 41.7 Å². The van der Waals surface area contributed by atoms with E-state index in [0.717, 1.165) is 48.9 Å². The summed E-state index contributed by atoms with van der Waals surface area (Å²) in [6.45, 7) is 3.96. The van der Waals surface area contributed by atoms with Crippen LogP contribution in [0.15, 0.2) is 4.47 Å². The Kier molecular flexibility index (Phi) is 6.31. The van der Waals surface area contributed by atoms with Crippen molar-refractivity contribution in [3.63, 3.8) is 0 Å². The average molecular weight is 298 g/mol. The van der Waals surface area contributed by atoms with Crippen LogP contribution in [-0.2, 0) is 20.0 Å². The molecule has 0 spiro atoms. The molecule has 4 heteroatoms. The fourth-order valence-corrected chi connectivity index (χ4v) is 2.45. The van der Waals surface area contributed by atoms with Crippen molar-refractivity contribution >= 4 is 15.9 Å². The van der Waals surface area contributed by atoms with Crippen LogP contribution in [0.3, 0.4) is 0 Å². The van der Waals surface area contributed by atoms with E-state index in [1.54, 1.807) is 0 Å². The lowest BCUT2D eigenvalue weighted by Crippen LogP contribution is -2.17. The molecular formula is C13H20BrN3. The van der Waals surface area contributed by atoms with Crippen LogP contribution in [0.1, 0.15) is 37.6 Å². The average Bonchev–Trinajstić information content (AvgIpc) is 2.60. The van der Waals surface area contributed by atoms with E-state index in [0.29, 0.717) is 0 Å². The second-order valence-electron chi connectivity index (χ2n) is 4.02. The van der Waals surface area contributed by atoms with Crippen LogP contribution >= 0.6 is 15.9 Å². The predicted octanol–water partition coefficient (Wildman–Crippen LogP) is 2.64. The summed E-state index contributed by atoms with van der Waals surface area (Å²) in [6.07, 6.45) is 9.25. The zero-order valence-corrected chi connectivity index (χ0v) is 12.2. The number of hydrogen-bond acceptors (Lipinski definition) is 2. The van der Waals surface area contributed by atoms with Gasteiger partial charge in [0.2, 0.25) is 0 Å². The van der Waals surface area contributed by atoms with Gasteiger partial charge in [-0.15, -0.1) is 12.3 Å². The lowest BCUT2D eigenvalue weighted by molar-refractivity contribution is 0.594. The Morgan fingerprint density at radius 1 is 1.47 bits per heavy atom. The molecule has 0 atom stereocenters. The van der Waals surface area contributed by atoms with E-state index in [2.05, 4.69) is 39.2 Å². The van der Waals surface area contributed by atoms with Gasteiger partial charge in [-0.1, -0.05) is 6.92 Å². The Hall–Kier alpha value is -0.790. The highest BCUT2D eigenvalue weighted by molar-refractivity contribution is 9.10. The molecule has 1 aromatic heterocycles. The minimum atomic E-state index is 0.847. The maximum Gasteiger partial charge on any atom is 0.0767 e. The minimum absolute atomic E-state index is 0.847. The summed E-state index contributed by atoms with van der Waals surface area (Å²) in [5.41, 5.74) is 2.33. The molecule has 0 fully saturated rings. The first kappa shape index (κ1) is 14.3. The van der Waals surface area contributed by atoms with E-state index in [1.807, 2.05) is 11.7 Å². The van der Waals surface area contributed by atoms with E-state index < -0.39 is 0 Å². The van der Waals surface area contributed by atoms with Crippen molar-refractivity contribution in [1.82, 2.24) is 15.1 Å². The highest BCUT2D eigenvalue weighted by Gasteiger charge is 2.11. The monoisotopic (exact) mass is 297 g/mol. The fraction of sp³-hybridized carbons (Fsp3) is 0.615. The lowest BCUT2D eigenvalue weighted by Gasteiger charge is -2.05. The molecule has 94 valence electrons. The van der Waals surface area contributed by atoms with Crippen LogP contribution in [0.4, 0.5) is 0 Å². The quantitative estimate of drug-likeness (QED) is 0.619. The summed E-state index contributed by atoms with van der Waals surface area (Å²) in [5, 5.41) is 7.88. The molecule has 0 aliphatic rings. The lowest BCUT2D eigenvalue weighted by atomic mass is 10.2. The maximum absolute atomic E-state index is 5.20. The molecule has 0 saturated carbocycles. The van der Waals surface area contributed by atoms with Crippen molar-refractivity contribution < 1.29 is 0 Å². The van der Waals surface area contributed by atoms with E-state index in [9.17, 15) is 0 Å². The number of aromatic nitrogens is 2. The molecule has 1 aromatic rings. The third kappa shape index (κ3) is 4.18. The number of hydrogen-bond donors (Lipinski definition) is 1. The Balaban J connectivity index is 2.37. The van der Waals surface area contributed by atoms with Gasteiger partial charge >= 0.3 is 0 Å². The van der Waals surface area contributed by atoms with Crippen molar-refractivity contribution in [2.75, 3.05) is 6.54 Å². The zero-order valence-electron chi connectivity index (χ0n) is 10.6. The summed E-state index contributed by atoms with van der Waals surface area (Å²) in [7, 11) is 1.99. The third-order valence-corrected chi connectivity index (χ3v) is 3.64. The van der Waals surface area contributed by atoms with E-state index >= 15 is 0 Å². The number of terminal acetylenes is 1. The number of aryl methyl sites for hydroxylation is 2. The second kappa shape index (κ2) is 7.52. The fourth-order valence-electron chi connectivity index (χ4n) is 1.70. The van der Waals surface area contributed by atoms with Gasteiger partial charge in [0.05, 0.1) is 15.9 Å². The molecule has 1 N–H and O–H groups in total. The highest BCUT2D eigenvalue weighted by Crippen LogP contribution is 2.21. The van der Waals surface area contributed by atoms with Crippen LogP contribution in [0.2, 0.25) is 0 Å². The van der Waals surface area contributed by atoms with E-state index in [-0.39, 0.29) is 0 Å². The SMILES string of the molecule is C#CCCCCNCc1c(Br)c(CC)nn1C. The van der Waals surface area contributed by atoms with Gasteiger partial charge in [0, 0.05) is 20.0 Å². The van der Waals surface area contributed by atoms with Crippen molar-refractivity contribution in [1.29, 1.82) is 0 Å². The number of rotatable bonds is 7. The van der Waals surface area contributed by atoms with Gasteiger partial charge in [-0.25, -0.2) is 0 Å². The summed E-state index contributed by atoms with van der Waals surface area (Å²) in [4.78, 5) is 0. The Labute approximate surface area is 112 Å². The van der Waals surface area contributed by atoms with Gasteiger partial charge in [-0.3, -0.25) is 4.68 Å². The smallest absolute Gasteiger partial charge is 0.0767 e. The van der Waals surface area contributed by atoms with Crippen molar-refractivity contribution in [3.05, 3.63) is 15.9 Å². The molecule has 0 aromatic carbocycles. The van der Waals surface area contributed by atoms with Gasteiger partial charge in [0.15, 0.2) is 0 Å². The summed E-state index contributed by atoms with van der Waals surface area (Å²) in [5.74, 6) is 2.66. The van der Waals surface area contributed by atoms with Crippen molar-refractivity contribution in [2.45, 2.75) is 39.2 Å². The molecule has 0 radical (unpaired) electrons. The number of nitrogens with zero attached hydrogens (tertiary/aromatic N) is 2. The van der Waals surface area contributed by atoms with Crippen LogP contribution in [0.25, 0.3) is 0 Å². The van der Waals surface area contributed by atoms with Crippen LogP contribution in [0.5, 0.6) is 0 Å². The predicted molar refractivity (Wildman–Crippen MR) is 74.7 cm³/mol. The van der Waals surface area contributed by atoms with Crippen LogP contribution in [0, 0.1) is 12.3 Å². The third-order valence-electron chi connectivity index (χ3n) is 2.72. The number of nitrogens with one attached hydrogen (secondary N) is 1. The van der Waals surface area contributed by atoms with Crippen molar-refractivity contribution in [3.8, 4) is 12.3 Å². The van der Waals surface area contributed by atoms with Gasteiger partial charge in [0.25, 0.3) is 0 Å². The molecule has 1 heterocycles.